The standard InChI is InChI=1S/C47H43N3O10S4/c1-2-56-47(53)36-19-23-42-40(32-36)49(28-10-30-62-60-58-55)44(64-42)25-21-35-18-17-34(46(35)50(37-11-5-3-6-12-37)38-13-7-4-8-14-38)20-24-43-48(27-9-29-61-59-57-54)39-31-33(16-26-45(51)52)15-22-41(39)63-43/h3-8,11-15,19-25,31-32H,2,9-10,17-18,27-30H2,1H3,(H2-,51,52,54,55)/p-1. The molecule has 330 valence electrons. The SMILES string of the molecule is CCOC(=O)c1ccc2c(c1)N(CCCSOO[O-])/C(=C/C=C1\CCC(/C=C/c3sc4ccc(C#CC(=O)O)cc4[n+]3CCCSOO[O-])=C1N(c1ccccc1)c1ccccc1)S2. The van der Waals surface area contributed by atoms with E-state index in [1.54, 1.807) is 36.1 Å². The number of benzene rings is 4. The van der Waals surface area contributed by atoms with Gasteiger partial charge in [0.25, 0.3) is 5.01 Å². The third-order valence-corrected chi connectivity index (χ3v) is 13.5. The van der Waals surface area contributed by atoms with Crippen LogP contribution in [0.15, 0.2) is 142 Å². The van der Waals surface area contributed by atoms with Gasteiger partial charge in [-0.2, -0.15) is 13.2 Å². The molecule has 0 radical (unpaired) electrons. The van der Waals surface area contributed by atoms with Gasteiger partial charge in [-0.25, -0.2) is 9.59 Å². The minimum Gasteiger partial charge on any atom is -0.691 e. The van der Waals surface area contributed by atoms with Gasteiger partial charge in [0, 0.05) is 88.5 Å². The zero-order valence-corrected chi connectivity index (χ0v) is 37.8. The fraction of sp³-hybridized carbons (Fsp3) is 0.213. The van der Waals surface area contributed by atoms with Crippen LogP contribution in [-0.2, 0) is 34.8 Å². The maximum absolute atomic E-state index is 12.8. The summed E-state index contributed by atoms with van der Waals surface area (Å²) < 4.78 is 17.5. The van der Waals surface area contributed by atoms with Gasteiger partial charge in [0.15, 0.2) is 6.54 Å². The number of carboxylic acids is 1. The summed E-state index contributed by atoms with van der Waals surface area (Å²) >= 11 is 5.12. The fourth-order valence-corrected chi connectivity index (χ4v) is 10.2. The topological polar surface area (TPSA) is 157 Å². The highest BCUT2D eigenvalue weighted by Gasteiger charge is 2.29. The first kappa shape index (κ1) is 46.6. The van der Waals surface area contributed by atoms with Gasteiger partial charge in [0.05, 0.1) is 28.6 Å². The molecule has 7 rings (SSSR count). The number of hydrogen-bond donors (Lipinski definition) is 1. The number of carbonyl (C=O) groups is 2. The van der Waals surface area contributed by atoms with E-state index >= 15 is 0 Å². The first-order chi connectivity index (χ1) is 31.4. The van der Waals surface area contributed by atoms with Crippen molar-refractivity contribution in [1.82, 2.24) is 0 Å². The number of allylic oxidation sites excluding steroid dienone is 5. The summed E-state index contributed by atoms with van der Waals surface area (Å²) in [5, 5.41) is 39.0. The molecule has 0 bridgehead atoms. The second-order valence-corrected chi connectivity index (χ2v) is 17.7. The average molecular weight is 937 g/mol. The number of aromatic nitrogens is 1. The maximum atomic E-state index is 12.8. The molecule has 1 N–H and O–H groups in total. The number of hydrogen-bond acceptors (Lipinski definition) is 15. The molecule has 0 amide bonds. The molecule has 0 saturated carbocycles. The average Bonchev–Trinajstić information content (AvgIpc) is 3.99. The first-order valence-electron chi connectivity index (χ1n) is 20.2. The Morgan fingerprint density at radius 2 is 1.61 bits per heavy atom. The number of thiazole rings is 1. The van der Waals surface area contributed by atoms with Crippen LogP contribution in [0.5, 0.6) is 0 Å². The molecule has 64 heavy (non-hydrogen) atoms. The third-order valence-electron chi connectivity index (χ3n) is 10.0. The molecule has 0 saturated heterocycles. The lowest BCUT2D eigenvalue weighted by atomic mass is 10.1. The molecule has 1 aliphatic carbocycles. The smallest absolute Gasteiger partial charge is 0.382 e. The largest absolute Gasteiger partial charge is 0.691 e. The molecule has 0 atom stereocenters. The van der Waals surface area contributed by atoms with Crippen molar-refractivity contribution in [3.63, 3.8) is 0 Å². The highest BCUT2D eigenvalue weighted by molar-refractivity contribution is 8.03. The van der Waals surface area contributed by atoms with Crippen molar-refractivity contribution in [2.45, 2.75) is 44.0 Å². The number of fused-ring (bicyclic) bond motifs is 2. The van der Waals surface area contributed by atoms with Gasteiger partial charge in [-0.15, -0.1) is 0 Å². The molecule has 0 fully saturated rings. The van der Waals surface area contributed by atoms with Crippen LogP contribution in [0.1, 0.15) is 53.5 Å². The van der Waals surface area contributed by atoms with E-state index in [4.69, 9.17) is 4.74 Å². The van der Waals surface area contributed by atoms with Gasteiger partial charge >= 0.3 is 11.9 Å². The van der Waals surface area contributed by atoms with Crippen LogP contribution in [0, 0.1) is 11.8 Å². The first-order valence-corrected chi connectivity index (χ1v) is 23.7. The predicted molar refractivity (Wildman–Crippen MR) is 247 cm³/mol. The number of carbonyl (C=O) groups excluding carboxylic acids is 1. The molecular formula is C47H42N3O10S4-. The van der Waals surface area contributed by atoms with Gasteiger partial charge in [0.1, 0.15) is 4.70 Å². The van der Waals surface area contributed by atoms with Crippen molar-refractivity contribution < 1.29 is 53.3 Å². The van der Waals surface area contributed by atoms with Gasteiger partial charge in [0.2, 0.25) is 5.52 Å². The number of esters is 1. The number of ether oxygens (including phenoxy) is 1. The number of nitrogens with zero attached hydrogens (tertiary/aromatic N) is 3. The number of aryl methyl sites for hydroxylation is 1. The molecule has 1 aromatic heterocycles. The van der Waals surface area contributed by atoms with E-state index in [2.05, 4.69) is 93.5 Å². The van der Waals surface area contributed by atoms with Gasteiger partial charge in [-0.1, -0.05) is 71.5 Å². The molecule has 0 unspecified atom stereocenters. The van der Waals surface area contributed by atoms with Gasteiger partial charge < -0.3 is 30.2 Å². The van der Waals surface area contributed by atoms with Crippen molar-refractivity contribution in [2.75, 3.05) is 34.5 Å². The van der Waals surface area contributed by atoms with E-state index in [-0.39, 0.29) is 12.6 Å². The minimum absolute atomic E-state index is 0.272. The highest BCUT2D eigenvalue weighted by Crippen LogP contribution is 2.48. The number of carboxylic acid groups (broad SMARTS) is 1. The Morgan fingerprint density at radius 1 is 0.891 bits per heavy atom. The van der Waals surface area contributed by atoms with Crippen molar-refractivity contribution in [2.24, 2.45) is 0 Å². The van der Waals surface area contributed by atoms with Crippen LogP contribution in [0.2, 0.25) is 0 Å². The Hall–Kier alpha value is -5.36. The van der Waals surface area contributed by atoms with Crippen LogP contribution in [0.25, 0.3) is 16.3 Å². The van der Waals surface area contributed by atoms with Gasteiger partial charge in [-0.05, 0) is 104 Å². The lowest BCUT2D eigenvalue weighted by molar-refractivity contribution is -0.777. The summed E-state index contributed by atoms with van der Waals surface area (Å²) in [6, 6.07) is 31.8. The van der Waals surface area contributed by atoms with Crippen LogP contribution >= 0.6 is 47.2 Å². The highest BCUT2D eigenvalue weighted by atomic mass is 32.2. The summed E-state index contributed by atoms with van der Waals surface area (Å²) in [5.74, 6) is 4.39. The monoisotopic (exact) mass is 936 g/mol. The Morgan fingerprint density at radius 3 is 2.30 bits per heavy atom. The summed E-state index contributed by atoms with van der Waals surface area (Å²) in [6.45, 7) is 3.23. The number of thioether (sulfide) groups is 1. The van der Waals surface area contributed by atoms with E-state index in [0.717, 1.165) is 96.0 Å². The predicted octanol–water partition coefficient (Wildman–Crippen LogP) is 8.60. The third kappa shape index (κ3) is 11.9. The molecule has 0 spiro atoms. The van der Waals surface area contributed by atoms with E-state index in [1.165, 1.54) is 0 Å². The minimum atomic E-state index is -1.20. The summed E-state index contributed by atoms with van der Waals surface area (Å²) in [7, 11) is 0. The molecule has 2 heterocycles. The Labute approximate surface area is 387 Å². The second-order valence-electron chi connectivity index (χ2n) is 14.0. The van der Waals surface area contributed by atoms with Crippen molar-refractivity contribution in [3.8, 4) is 11.8 Å². The molecule has 5 aromatic rings. The fourth-order valence-electron chi connectivity index (χ4n) is 7.36. The molecule has 13 nitrogen and oxygen atoms in total. The number of rotatable bonds is 20. The molecule has 4 aromatic carbocycles. The van der Waals surface area contributed by atoms with E-state index < -0.39 is 5.97 Å². The van der Waals surface area contributed by atoms with E-state index in [0.29, 0.717) is 48.6 Å². The molecule has 17 heteroatoms. The zero-order chi connectivity index (χ0) is 44.7. The van der Waals surface area contributed by atoms with Gasteiger partial charge in [-0.3, -0.25) is 10.1 Å². The van der Waals surface area contributed by atoms with Crippen LogP contribution < -0.4 is 24.9 Å². The lowest BCUT2D eigenvalue weighted by Crippen LogP contribution is -2.35. The molecule has 1 aliphatic heterocycles. The molecular weight excluding hydrogens is 895 g/mol. The maximum Gasteiger partial charge on any atom is 0.382 e. The molecule has 2 aliphatic rings. The number of para-hydroxylation sites is 2. The zero-order valence-electron chi connectivity index (χ0n) is 34.5. The lowest BCUT2D eigenvalue weighted by Gasteiger charge is -2.28. The Bertz CT molecular complexity index is 2580. The second kappa shape index (κ2) is 23.5. The quantitative estimate of drug-likeness (QED) is 0.0150. The van der Waals surface area contributed by atoms with Crippen LogP contribution in [0.3, 0.4) is 0 Å². The summed E-state index contributed by atoms with van der Waals surface area (Å²) in [5.41, 5.74) is 8.18. The number of aliphatic carboxylic acids is 1. The van der Waals surface area contributed by atoms with Crippen LogP contribution in [-0.4, -0.2) is 41.7 Å². The van der Waals surface area contributed by atoms with E-state index in [9.17, 15) is 25.2 Å². The van der Waals surface area contributed by atoms with Crippen LogP contribution in [0.4, 0.5) is 17.1 Å². The summed E-state index contributed by atoms with van der Waals surface area (Å²) in [4.78, 5) is 29.5. The van der Waals surface area contributed by atoms with E-state index in [1.807, 2.05) is 66.7 Å². The number of anilines is 3. The Balaban J connectivity index is 1.32. The van der Waals surface area contributed by atoms with Crippen molar-refractivity contribution in [1.29, 1.82) is 0 Å². The van der Waals surface area contributed by atoms with Crippen molar-refractivity contribution >= 4 is 92.5 Å². The Kier molecular flexibility index (Phi) is 17.1. The summed E-state index contributed by atoms with van der Waals surface area (Å²) in [6.07, 6.45) is 11.5. The normalized spacial score (nSPS) is 14.8. The van der Waals surface area contributed by atoms with Crippen molar-refractivity contribution in [3.05, 3.63) is 153 Å².